The smallest absolute Gasteiger partial charge is 0.119 e. The summed E-state index contributed by atoms with van der Waals surface area (Å²) in [5.74, 6) is 1.73. The van der Waals surface area contributed by atoms with Crippen LogP contribution in [-0.2, 0) is 15.1 Å². The Labute approximate surface area is 121 Å². The van der Waals surface area contributed by atoms with Crippen molar-refractivity contribution < 1.29 is 13.8 Å². The summed E-state index contributed by atoms with van der Waals surface area (Å²) >= 11 is 2.53. The molecule has 0 heterocycles. The number of phenolic OH excluding ortho intramolecular Hbond substituents is 2. The molecule has 100 valence electrons. The van der Waals surface area contributed by atoms with Crippen LogP contribution in [0.3, 0.4) is 0 Å². The van der Waals surface area contributed by atoms with Crippen LogP contribution in [0.1, 0.15) is 11.1 Å². The molecule has 2 aromatic carbocycles. The zero-order valence-corrected chi connectivity index (χ0v) is 11.8. The highest BCUT2D eigenvalue weighted by atomic mass is 32.2. The quantitative estimate of drug-likeness (QED) is 0.620. The third-order valence-corrected chi connectivity index (χ3v) is 4.14. The van der Waals surface area contributed by atoms with Crippen LogP contribution in [0, 0.1) is 0 Å². The first-order chi connectivity index (χ1) is 9.27. The summed E-state index contributed by atoms with van der Waals surface area (Å²) in [6.45, 7) is 0. The maximum atomic E-state index is 9.57. The van der Waals surface area contributed by atoms with E-state index in [4.69, 9.17) is 3.63 Å². The highest BCUT2D eigenvalue weighted by molar-refractivity contribution is 8.07. The third kappa shape index (κ3) is 4.38. The molecule has 0 fully saturated rings. The van der Waals surface area contributed by atoms with Crippen LogP contribution in [-0.4, -0.2) is 10.2 Å². The molecule has 0 aromatic heterocycles. The lowest BCUT2D eigenvalue weighted by molar-refractivity contribution is 0.470. The standard InChI is InChI=1S/C14H14O3S2/c15-13-7-3-1-5-11(13)9-18-17-19-10-12-6-2-4-8-14(12)16/h1-8,15-16H,9-10H2. The van der Waals surface area contributed by atoms with Gasteiger partial charge in [-0.05, 0) is 12.1 Å². The van der Waals surface area contributed by atoms with Gasteiger partial charge in [0.2, 0.25) is 0 Å². The summed E-state index contributed by atoms with van der Waals surface area (Å²) in [6.07, 6.45) is 0. The predicted molar refractivity (Wildman–Crippen MR) is 79.9 cm³/mol. The van der Waals surface area contributed by atoms with E-state index in [0.29, 0.717) is 11.5 Å². The molecule has 0 aliphatic rings. The van der Waals surface area contributed by atoms with Crippen LogP contribution in [0.4, 0.5) is 0 Å². The van der Waals surface area contributed by atoms with Gasteiger partial charge in [-0.3, -0.25) is 0 Å². The van der Waals surface area contributed by atoms with Crippen molar-refractivity contribution in [2.75, 3.05) is 0 Å². The molecule has 19 heavy (non-hydrogen) atoms. The van der Waals surface area contributed by atoms with E-state index in [1.54, 1.807) is 24.3 Å². The van der Waals surface area contributed by atoms with Crippen molar-refractivity contribution in [1.29, 1.82) is 0 Å². The topological polar surface area (TPSA) is 49.7 Å². The molecule has 5 heteroatoms. The van der Waals surface area contributed by atoms with Crippen LogP contribution in [0.15, 0.2) is 48.5 Å². The number of hydrogen-bond acceptors (Lipinski definition) is 5. The Bertz CT molecular complexity index is 484. The first kappa shape index (κ1) is 14.1. The van der Waals surface area contributed by atoms with Gasteiger partial charge >= 0.3 is 0 Å². The van der Waals surface area contributed by atoms with Gasteiger partial charge in [-0.25, -0.2) is 3.63 Å². The molecular formula is C14H14O3S2. The summed E-state index contributed by atoms with van der Waals surface area (Å²) < 4.78 is 5.36. The van der Waals surface area contributed by atoms with Crippen molar-refractivity contribution in [3.63, 3.8) is 0 Å². The summed E-state index contributed by atoms with van der Waals surface area (Å²) in [7, 11) is 0. The van der Waals surface area contributed by atoms with E-state index in [1.807, 2.05) is 24.3 Å². The van der Waals surface area contributed by atoms with Crippen LogP contribution < -0.4 is 0 Å². The van der Waals surface area contributed by atoms with Crippen molar-refractivity contribution in [3.05, 3.63) is 59.7 Å². The Kier molecular flexibility index (Phi) is 5.44. The minimum Gasteiger partial charge on any atom is -0.508 e. The van der Waals surface area contributed by atoms with Gasteiger partial charge in [0.15, 0.2) is 0 Å². The molecule has 0 saturated carbocycles. The molecule has 0 radical (unpaired) electrons. The van der Waals surface area contributed by atoms with E-state index in [-0.39, 0.29) is 11.5 Å². The van der Waals surface area contributed by atoms with Crippen LogP contribution >= 0.6 is 24.1 Å². The second-order valence-electron chi connectivity index (χ2n) is 3.85. The monoisotopic (exact) mass is 294 g/mol. The fourth-order valence-electron chi connectivity index (χ4n) is 1.47. The van der Waals surface area contributed by atoms with E-state index < -0.39 is 0 Å². The lowest BCUT2D eigenvalue weighted by atomic mass is 10.2. The average molecular weight is 294 g/mol. The molecule has 0 unspecified atom stereocenters. The van der Waals surface area contributed by atoms with E-state index in [0.717, 1.165) is 11.1 Å². The fourth-order valence-corrected chi connectivity index (χ4v) is 2.87. The third-order valence-electron chi connectivity index (χ3n) is 2.51. The molecule has 0 saturated heterocycles. The van der Waals surface area contributed by atoms with E-state index in [9.17, 15) is 10.2 Å². The largest absolute Gasteiger partial charge is 0.508 e. The summed E-state index contributed by atoms with van der Waals surface area (Å²) in [5.41, 5.74) is 1.69. The second kappa shape index (κ2) is 7.33. The van der Waals surface area contributed by atoms with E-state index in [1.165, 1.54) is 24.1 Å². The molecule has 0 atom stereocenters. The van der Waals surface area contributed by atoms with Gasteiger partial charge in [-0.15, -0.1) is 0 Å². The number of aromatic hydroxyl groups is 2. The highest BCUT2D eigenvalue weighted by Crippen LogP contribution is 2.28. The average Bonchev–Trinajstić information content (AvgIpc) is 2.42. The van der Waals surface area contributed by atoms with Gasteiger partial charge in [0.25, 0.3) is 0 Å². The summed E-state index contributed by atoms with van der Waals surface area (Å²) in [4.78, 5) is 0. The van der Waals surface area contributed by atoms with Crippen LogP contribution in [0.25, 0.3) is 0 Å². The highest BCUT2D eigenvalue weighted by Gasteiger charge is 2.02. The molecule has 2 aromatic rings. The first-order valence-electron chi connectivity index (χ1n) is 5.72. The molecule has 2 rings (SSSR count). The fraction of sp³-hybridized carbons (Fsp3) is 0.143. The normalized spacial score (nSPS) is 10.5. The number of benzene rings is 2. The summed E-state index contributed by atoms with van der Waals surface area (Å²) in [5, 5.41) is 19.1. The van der Waals surface area contributed by atoms with Crippen molar-refractivity contribution in [2.24, 2.45) is 0 Å². The lowest BCUT2D eigenvalue weighted by Gasteiger charge is -2.05. The Hall–Kier alpha value is -1.30. The maximum Gasteiger partial charge on any atom is 0.119 e. The molecule has 0 amide bonds. The van der Waals surface area contributed by atoms with E-state index in [2.05, 4.69) is 0 Å². The molecule has 0 spiro atoms. The number of hydrogen-bond donors (Lipinski definition) is 2. The van der Waals surface area contributed by atoms with Crippen molar-refractivity contribution in [2.45, 2.75) is 11.5 Å². The second-order valence-corrected chi connectivity index (χ2v) is 5.44. The lowest BCUT2D eigenvalue weighted by Crippen LogP contribution is -1.83. The van der Waals surface area contributed by atoms with Crippen LogP contribution in [0.2, 0.25) is 0 Å². The molecule has 2 N–H and O–H groups in total. The van der Waals surface area contributed by atoms with Gasteiger partial charge in [0.1, 0.15) is 11.5 Å². The summed E-state index contributed by atoms with van der Waals surface area (Å²) in [6, 6.07) is 14.4. The number of para-hydroxylation sites is 2. The molecule has 0 bridgehead atoms. The minimum absolute atomic E-state index is 0.282. The number of rotatable bonds is 6. The zero-order chi connectivity index (χ0) is 13.5. The van der Waals surface area contributed by atoms with Gasteiger partial charge < -0.3 is 10.2 Å². The van der Waals surface area contributed by atoms with Crippen molar-refractivity contribution >= 4 is 24.1 Å². The Morgan fingerprint density at radius 2 is 1.16 bits per heavy atom. The van der Waals surface area contributed by atoms with Crippen LogP contribution in [0.5, 0.6) is 11.5 Å². The Morgan fingerprint density at radius 3 is 1.58 bits per heavy atom. The number of phenols is 2. The minimum atomic E-state index is 0.282. The molecule has 3 nitrogen and oxygen atoms in total. The van der Waals surface area contributed by atoms with Crippen molar-refractivity contribution in [3.8, 4) is 11.5 Å². The first-order valence-corrected chi connectivity index (χ1v) is 7.54. The predicted octanol–water partition coefficient (Wildman–Crippen LogP) is 4.11. The zero-order valence-electron chi connectivity index (χ0n) is 10.2. The van der Waals surface area contributed by atoms with Gasteiger partial charge in [0, 0.05) is 46.7 Å². The van der Waals surface area contributed by atoms with Gasteiger partial charge in [0.05, 0.1) is 0 Å². The molecule has 0 aliphatic heterocycles. The molecular weight excluding hydrogens is 280 g/mol. The molecule has 0 aliphatic carbocycles. The van der Waals surface area contributed by atoms with Gasteiger partial charge in [-0.1, -0.05) is 36.4 Å². The Morgan fingerprint density at radius 1 is 0.737 bits per heavy atom. The van der Waals surface area contributed by atoms with E-state index >= 15 is 0 Å². The SMILES string of the molecule is Oc1ccccc1CSOSCc1ccccc1O. The maximum absolute atomic E-state index is 9.57. The Balaban J connectivity index is 1.71. The van der Waals surface area contributed by atoms with Gasteiger partial charge in [-0.2, -0.15) is 0 Å². The van der Waals surface area contributed by atoms with Crippen molar-refractivity contribution in [1.82, 2.24) is 0 Å².